The van der Waals surface area contributed by atoms with Crippen molar-refractivity contribution in [3.8, 4) is 0 Å². The number of amides is 2. The van der Waals surface area contributed by atoms with E-state index in [0.717, 1.165) is 22.8 Å². The van der Waals surface area contributed by atoms with E-state index >= 15 is 0 Å². The van der Waals surface area contributed by atoms with Gasteiger partial charge in [-0.3, -0.25) is 9.59 Å². The Morgan fingerprint density at radius 2 is 1.93 bits per heavy atom. The standard InChI is InChI=1S/C21H25N3O4S/c1-15-9-10-18(13-19(15)29(27,28)23(2)3)22-21(26)17-7-4-6-16(12-17)14-24-11-5-8-20(24)25/h4,6-7,9-10,12-13H,5,8,11,14H2,1-3H3,(H,22,26). The largest absolute Gasteiger partial charge is 0.338 e. The van der Waals surface area contributed by atoms with Gasteiger partial charge < -0.3 is 10.2 Å². The van der Waals surface area contributed by atoms with Crippen LogP contribution in [0.2, 0.25) is 0 Å². The van der Waals surface area contributed by atoms with E-state index in [1.165, 1.54) is 20.2 Å². The Morgan fingerprint density at radius 1 is 1.17 bits per heavy atom. The van der Waals surface area contributed by atoms with Crippen molar-refractivity contribution in [2.75, 3.05) is 26.0 Å². The molecule has 1 aliphatic rings. The van der Waals surface area contributed by atoms with Gasteiger partial charge in [-0.05, 0) is 48.7 Å². The highest BCUT2D eigenvalue weighted by molar-refractivity contribution is 7.89. The Labute approximate surface area is 171 Å². The first-order valence-electron chi connectivity index (χ1n) is 9.40. The van der Waals surface area contributed by atoms with Crippen molar-refractivity contribution >= 4 is 27.5 Å². The highest BCUT2D eigenvalue weighted by Gasteiger charge is 2.22. The number of benzene rings is 2. The zero-order valence-electron chi connectivity index (χ0n) is 16.8. The predicted octanol–water partition coefficient (Wildman–Crippen LogP) is 2.62. The van der Waals surface area contributed by atoms with Crippen LogP contribution in [0.3, 0.4) is 0 Å². The van der Waals surface area contributed by atoms with Crippen LogP contribution < -0.4 is 5.32 Å². The topological polar surface area (TPSA) is 86.8 Å². The highest BCUT2D eigenvalue weighted by Crippen LogP contribution is 2.23. The quantitative estimate of drug-likeness (QED) is 0.786. The summed E-state index contributed by atoms with van der Waals surface area (Å²) >= 11 is 0. The number of nitrogens with one attached hydrogen (secondary N) is 1. The Balaban J connectivity index is 1.79. The van der Waals surface area contributed by atoms with Crippen molar-refractivity contribution in [1.82, 2.24) is 9.21 Å². The molecule has 1 N–H and O–H groups in total. The van der Waals surface area contributed by atoms with Crippen molar-refractivity contribution in [2.24, 2.45) is 0 Å². The second-order valence-electron chi connectivity index (χ2n) is 7.34. The molecule has 7 nitrogen and oxygen atoms in total. The van der Waals surface area contributed by atoms with Gasteiger partial charge in [0.2, 0.25) is 15.9 Å². The molecule has 29 heavy (non-hydrogen) atoms. The molecular weight excluding hydrogens is 390 g/mol. The molecule has 154 valence electrons. The normalized spacial score (nSPS) is 14.5. The highest BCUT2D eigenvalue weighted by atomic mass is 32.2. The average molecular weight is 416 g/mol. The van der Waals surface area contributed by atoms with Crippen molar-refractivity contribution in [1.29, 1.82) is 0 Å². The summed E-state index contributed by atoms with van der Waals surface area (Å²) in [4.78, 5) is 26.5. The van der Waals surface area contributed by atoms with Crippen LogP contribution in [0, 0.1) is 6.92 Å². The smallest absolute Gasteiger partial charge is 0.255 e. The summed E-state index contributed by atoms with van der Waals surface area (Å²) in [7, 11) is -0.674. The molecule has 3 rings (SSSR count). The van der Waals surface area contributed by atoms with Crippen LogP contribution in [0.15, 0.2) is 47.4 Å². The van der Waals surface area contributed by atoms with E-state index in [9.17, 15) is 18.0 Å². The van der Waals surface area contributed by atoms with E-state index in [1.807, 2.05) is 6.07 Å². The van der Waals surface area contributed by atoms with Gasteiger partial charge >= 0.3 is 0 Å². The third-order valence-corrected chi connectivity index (χ3v) is 6.90. The minimum absolute atomic E-state index is 0.133. The lowest BCUT2D eigenvalue weighted by Gasteiger charge is -2.16. The first kappa shape index (κ1) is 21.0. The zero-order valence-corrected chi connectivity index (χ0v) is 17.6. The Hall–Kier alpha value is -2.71. The number of likely N-dealkylation sites (tertiary alicyclic amines) is 1. The molecule has 0 unspecified atom stereocenters. The maximum atomic E-state index is 12.7. The van der Waals surface area contributed by atoms with Crippen molar-refractivity contribution < 1.29 is 18.0 Å². The monoisotopic (exact) mass is 415 g/mol. The van der Waals surface area contributed by atoms with Gasteiger partial charge in [-0.15, -0.1) is 0 Å². The van der Waals surface area contributed by atoms with Gasteiger partial charge in [-0.25, -0.2) is 12.7 Å². The van der Waals surface area contributed by atoms with E-state index < -0.39 is 10.0 Å². The van der Waals surface area contributed by atoms with Crippen LogP contribution in [0.25, 0.3) is 0 Å². The Kier molecular flexibility index (Phi) is 6.04. The Morgan fingerprint density at radius 3 is 2.59 bits per heavy atom. The molecule has 1 saturated heterocycles. The van der Waals surface area contributed by atoms with Crippen molar-refractivity contribution in [3.63, 3.8) is 0 Å². The van der Waals surface area contributed by atoms with Gasteiger partial charge in [0.15, 0.2) is 0 Å². The van der Waals surface area contributed by atoms with Gasteiger partial charge in [0, 0.05) is 44.9 Å². The average Bonchev–Trinajstić information content (AvgIpc) is 3.07. The molecule has 2 amide bonds. The maximum absolute atomic E-state index is 12.7. The number of anilines is 1. The second kappa shape index (κ2) is 8.34. The lowest BCUT2D eigenvalue weighted by molar-refractivity contribution is -0.128. The number of aryl methyl sites for hydroxylation is 1. The summed E-state index contributed by atoms with van der Waals surface area (Å²) < 4.78 is 26.1. The molecule has 8 heteroatoms. The van der Waals surface area contributed by atoms with Crippen molar-refractivity contribution in [2.45, 2.75) is 31.2 Å². The molecule has 0 aliphatic carbocycles. The molecule has 2 aromatic rings. The van der Waals surface area contributed by atoms with E-state index in [0.29, 0.717) is 29.8 Å². The molecule has 0 aromatic heterocycles. The van der Waals surface area contributed by atoms with Gasteiger partial charge in [0.25, 0.3) is 5.91 Å². The zero-order chi connectivity index (χ0) is 21.2. The third-order valence-electron chi connectivity index (χ3n) is 4.94. The van der Waals surface area contributed by atoms with Crippen LogP contribution in [0.1, 0.15) is 34.3 Å². The number of carbonyl (C=O) groups excluding carboxylic acids is 2. The van der Waals surface area contributed by atoms with Gasteiger partial charge in [-0.2, -0.15) is 0 Å². The third kappa shape index (κ3) is 4.65. The number of rotatable bonds is 6. The fourth-order valence-corrected chi connectivity index (χ4v) is 4.40. The summed E-state index contributed by atoms with van der Waals surface area (Å²) in [6.45, 7) is 2.93. The lowest BCUT2D eigenvalue weighted by Crippen LogP contribution is -2.24. The minimum Gasteiger partial charge on any atom is -0.338 e. The summed E-state index contributed by atoms with van der Waals surface area (Å²) in [6.07, 6.45) is 1.44. The van der Waals surface area contributed by atoms with E-state index in [-0.39, 0.29) is 16.7 Å². The number of sulfonamides is 1. The molecule has 1 aliphatic heterocycles. The van der Waals surface area contributed by atoms with Gasteiger partial charge in [-0.1, -0.05) is 18.2 Å². The lowest BCUT2D eigenvalue weighted by atomic mass is 10.1. The van der Waals surface area contributed by atoms with E-state index in [2.05, 4.69) is 5.32 Å². The van der Waals surface area contributed by atoms with Gasteiger partial charge in [0.05, 0.1) is 4.90 Å². The van der Waals surface area contributed by atoms with Crippen molar-refractivity contribution in [3.05, 3.63) is 59.2 Å². The fraction of sp³-hybridized carbons (Fsp3) is 0.333. The number of nitrogens with zero attached hydrogens (tertiary/aromatic N) is 2. The Bertz CT molecular complexity index is 1050. The molecule has 2 aromatic carbocycles. The molecule has 0 spiro atoms. The summed E-state index contributed by atoms with van der Waals surface area (Å²) in [6, 6.07) is 11.9. The number of hydrogen-bond acceptors (Lipinski definition) is 4. The summed E-state index contributed by atoms with van der Waals surface area (Å²) in [5, 5.41) is 2.76. The second-order valence-corrected chi connectivity index (χ2v) is 9.46. The van der Waals surface area contributed by atoms with Crippen LogP contribution in [0.4, 0.5) is 5.69 Å². The van der Waals surface area contributed by atoms with Crippen LogP contribution in [-0.2, 0) is 21.4 Å². The first-order valence-corrected chi connectivity index (χ1v) is 10.8. The minimum atomic E-state index is -3.61. The summed E-state index contributed by atoms with van der Waals surface area (Å²) in [5.41, 5.74) is 2.34. The fourth-order valence-electron chi connectivity index (χ4n) is 3.26. The molecule has 0 saturated carbocycles. The molecule has 0 bridgehead atoms. The number of carbonyl (C=O) groups is 2. The molecule has 1 heterocycles. The van der Waals surface area contributed by atoms with E-state index in [4.69, 9.17) is 0 Å². The molecular formula is C21H25N3O4S. The number of hydrogen-bond donors (Lipinski definition) is 1. The van der Waals surface area contributed by atoms with Gasteiger partial charge in [0.1, 0.15) is 0 Å². The molecule has 0 radical (unpaired) electrons. The van der Waals surface area contributed by atoms with Crippen LogP contribution in [-0.4, -0.2) is 50.1 Å². The summed E-state index contributed by atoms with van der Waals surface area (Å²) in [5.74, 6) is -0.203. The van der Waals surface area contributed by atoms with E-state index in [1.54, 1.807) is 42.2 Å². The van der Waals surface area contributed by atoms with Crippen LogP contribution in [0.5, 0.6) is 0 Å². The van der Waals surface area contributed by atoms with Crippen LogP contribution >= 0.6 is 0 Å². The SMILES string of the molecule is Cc1ccc(NC(=O)c2cccc(CN3CCCC3=O)c2)cc1S(=O)(=O)N(C)C. The maximum Gasteiger partial charge on any atom is 0.255 e. The molecule has 0 atom stereocenters. The predicted molar refractivity (Wildman–Crippen MR) is 111 cm³/mol. The molecule has 1 fully saturated rings. The first-order chi connectivity index (χ1) is 13.7.